The molecule has 0 unspecified atom stereocenters. The second-order valence-corrected chi connectivity index (χ2v) is 2.30. The first-order valence-electron chi connectivity index (χ1n) is 3.03. The van der Waals surface area contributed by atoms with Gasteiger partial charge in [-0.15, -0.1) is 0 Å². The fraction of sp³-hybridized carbons (Fsp3) is 0.571. The third kappa shape index (κ3) is 9.52. The van der Waals surface area contributed by atoms with Crippen LogP contribution < -0.4 is 0 Å². The van der Waals surface area contributed by atoms with Crippen molar-refractivity contribution in [3.8, 4) is 0 Å². The summed E-state index contributed by atoms with van der Waals surface area (Å²) in [5, 5.41) is 0. The first-order valence-corrected chi connectivity index (χ1v) is 3.03. The molecule has 0 heterocycles. The van der Waals surface area contributed by atoms with Crippen LogP contribution in [0.25, 0.3) is 0 Å². The fourth-order valence-corrected chi connectivity index (χ4v) is 0.618. The van der Waals surface area contributed by atoms with Crippen molar-refractivity contribution < 1.29 is 31.2 Å². The Hall–Kier alpha value is -0.484. The monoisotopic (exact) mass is 201 g/mol. The number of hydrogen-bond acceptors (Lipinski definition) is 3. The van der Waals surface area contributed by atoms with Gasteiger partial charge in [0.1, 0.15) is 17.3 Å². The normalized spacial score (nSPS) is 8.18. The van der Waals surface area contributed by atoms with Crippen molar-refractivity contribution in [1.29, 1.82) is 0 Å². The summed E-state index contributed by atoms with van der Waals surface area (Å²) in [6.45, 7) is 2.66. The molecular weight excluding hydrogens is 191 g/mol. The summed E-state index contributed by atoms with van der Waals surface area (Å²) in [5.41, 5.74) is 0. The van der Waals surface area contributed by atoms with Gasteiger partial charge in [0.15, 0.2) is 0 Å². The molecule has 4 heteroatoms. The molecule has 0 rings (SSSR count). The molecule has 0 aliphatic rings. The largest absolute Gasteiger partial charge is 0.300 e. The molecule has 0 aromatic heterocycles. The number of carbonyl (C=O) groups excluding carboxylic acids is 3. The van der Waals surface area contributed by atoms with Gasteiger partial charge in [-0.25, -0.2) is 0 Å². The summed E-state index contributed by atoms with van der Waals surface area (Å²) in [6.07, 6.45) is -0.223. The number of ketones is 3. The summed E-state index contributed by atoms with van der Waals surface area (Å²) in [5.74, 6) is -0.669. The zero-order chi connectivity index (χ0) is 8.15. The minimum atomic E-state index is -0.292. The molecule has 65 valence electrons. The van der Waals surface area contributed by atoms with E-state index >= 15 is 0 Å². The number of rotatable bonds is 4. The van der Waals surface area contributed by atoms with Crippen molar-refractivity contribution in [2.24, 2.45) is 0 Å². The second-order valence-electron chi connectivity index (χ2n) is 2.30. The van der Waals surface area contributed by atoms with E-state index in [4.69, 9.17) is 0 Å². The summed E-state index contributed by atoms with van der Waals surface area (Å²) >= 11 is 0. The number of carbonyl (C=O) groups is 3. The van der Waals surface area contributed by atoms with E-state index in [2.05, 4.69) is 0 Å². The van der Waals surface area contributed by atoms with Crippen LogP contribution in [-0.4, -0.2) is 17.3 Å². The molecule has 0 fully saturated rings. The standard InChI is InChI=1S/C7H10O3.Co/c1-5(8)3-7(10)4-6(2)9;/h3-4H2,1-2H3;. The van der Waals surface area contributed by atoms with Crippen LogP contribution in [0, 0.1) is 0 Å². The second kappa shape index (κ2) is 6.24. The number of Topliss-reactive ketones (excluding diaryl/α,β-unsaturated/α-hetero) is 3. The fourth-order valence-electron chi connectivity index (χ4n) is 0.618. The maximum absolute atomic E-state index is 10.6. The van der Waals surface area contributed by atoms with Crippen LogP contribution in [0.15, 0.2) is 0 Å². The molecular formula is C7H10CoO3. The smallest absolute Gasteiger partial charge is 0.147 e. The van der Waals surface area contributed by atoms with Crippen LogP contribution in [0.3, 0.4) is 0 Å². The van der Waals surface area contributed by atoms with E-state index < -0.39 is 0 Å². The zero-order valence-corrected chi connectivity index (χ0v) is 7.51. The molecule has 3 nitrogen and oxygen atoms in total. The quantitative estimate of drug-likeness (QED) is 0.622. The van der Waals surface area contributed by atoms with E-state index in [1.54, 1.807) is 0 Å². The van der Waals surface area contributed by atoms with Crippen LogP contribution in [0.5, 0.6) is 0 Å². The molecule has 1 radical (unpaired) electrons. The molecule has 0 spiro atoms. The first kappa shape index (κ1) is 13.1. The van der Waals surface area contributed by atoms with Gasteiger partial charge in [-0.1, -0.05) is 0 Å². The molecule has 0 bridgehead atoms. The first-order chi connectivity index (χ1) is 4.52. The molecule has 0 aromatic rings. The van der Waals surface area contributed by atoms with Crippen molar-refractivity contribution in [3.63, 3.8) is 0 Å². The van der Waals surface area contributed by atoms with Gasteiger partial charge in [0.2, 0.25) is 0 Å². The SMILES string of the molecule is CC(=O)CC(=O)CC(C)=O.[Co]. The van der Waals surface area contributed by atoms with Crippen LogP contribution in [0.2, 0.25) is 0 Å². The summed E-state index contributed by atoms with van der Waals surface area (Å²) in [6, 6.07) is 0. The molecule has 0 saturated carbocycles. The predicted molar refractivity (Wildman–Crippen MR) is 35.6 cm³/mol. The van der Waals surface area contributed by atoms with Gasteiger partial charge in [-0.3, -0.25) is 14.4 Å². The molecule has 0 N–H and O–H groups in total. The molecule has 11 heavy (non-hydrogen) atoms. The zero-order valence-electron chi connectivity index (χ0n) is 6.47. The molecule has 0 aliphatic heterocycles. The Morgan fingerprint density at radius 1 is 0.909 bits per heavy atom. The topological polar surface area (TPSA) is 51.2 Å². The molecule has 0 atom stereocenters. The van der Waals surface area contributed by atoms with Gasteiger partial charge in [0.05, 0.1) is 12.8 Å². The van der Waals surface area contributed by atoms with Gasteiger partial charge in [0.25, 0.3) is 0 Å². The van der Waals surface area contributed by atoms with E-state index in [0.29, 0.717) is 0 Å². The van der Waals surface area contributed by atoms with Crippen molar-refractivity contribution >= 4 is 17.3 Å². The number of hydrogen-bond donors (Lipinski definition) is 0. The van der Waals surface area contributed by atoms with E-state index in [1.807, 2.05) is 0 Å². The molecule has 0 aliphatic carbocycles. The van der Waals surface area contributed by atoms with Gasteiger partial charge in [0, 0.05) is 16.8 Å². The van der Waals surface area contributed by atoms with Crippen LogP contribution in [0.1, 0.15) is 26.7 Å². The Balaban J connectivity index is 0. The molecule has 0 amide bonds. The van der Waals surface area contributed by atoms with E-state index in [9.17, 15) is 14.4 Å². The minimum absolute atomic E-state index is 0. The van der Waals surface area contributed by atoms with Crippen LogP contribution in [0.4, 0.5) is 0 Å². The maximum Gasteiger partial charge on any atom is 0.147 e. The Labute approximate surface area is 75.7 Å². The van der Waals surface area contributed by atoms with Crippen molar-refractivity contribution in [1.82, 2.24) is 0 Å². The van der Waals surface area contributed by atoms with Gasteiger partial charge >= 0.3 is 0 Å². The summed E-state index contributed by atoms with van der Waals surface area (Å²) in [7, 11) is 0. The Morgan fingerprint density at radius 2 is 1.18 bits per heavy atom. The van der Waals surface area contributed by atoms with E-state index in [1.165, 1.54) is 13.8 Å². The van der Waals surface area contributed by atoms with E-state index in [-0.39, 0.29) is 47.0 Å². The average Bonchev–Trinajstić information content (AvgIpc) is 1.58. The summed E-state index contributed by atoms with van der Waals surface area (Å²) < 4.78 is 0. The van der Waals surface area contributed by atoms with E-state index in [0.717, 1.165) is 0 Å². The van der Waals surface area contributed by atoms with Crippen molar-refractivity contribution in [2.45, 2.75) is 26.7 Å². The van der Waals surface area contributed by atoms with Gasteiger partial charge in [-0.2, -0.15) is 0 Å². The average molecular weight is 201 g/mol. The predicted octanol–water partition coefficient (Wildman–Crippen LogP) is 0.511. The minimum Gasteiger partial charge on any atom is -0.300 e. The van der Waals surface area contributed by atoms with Gasteiger partial charge < -0.3 is 0 Å². The van der Waals surface area contributed by atoms with Crippen molar-refractivity contribution in [2.75, 3.05) is 0 Å². The summed E-state index contributed by atoms with van der Waals surface area (Å²) in [4.78, 5) is 31.2. The third-order valence-electron chi connectivity index (χ3n) is 0.892. The van der Waals surface area contributed by atoms with Crippen LogP contribution >= 0.6 is 0 Å². The Kier molecular flexibility index (Phi) is 7.45. The van der Waals surface area contributed by atoms with Crippen LogP contribution in [-0.2, 0) is 31.2 Å². The molecule has 0 saturated heterocycles. The van der Waals surface area contributed by atoms with Crippen molar-refractivity contribution in [3.05, 3.63) is 0 Å². The Bertz CT molecular complexity index is 157. The maximum atomic E-state index is 10.6. The van der Waals surface area contributed by atoms with Gasteiger partial charge in [-0.05, 0) is 13.8 Å². The third-order valence-corrected chi connectivity index (χ3v) is 0.892. The Morgan fingerprint density at radius 3 is 1.36 bits per heavy atom. The molecule has 0 aromatic carbocycles.